The summed E-state index contributed by atoms with van der Waals surface area (Å²) in [5.41, 5.74) is 1.70. The predicted molar refractivity (Wildman–Crippen MR) is 52.7 cm³/mol. The number of aromatic nitrogens is 1. The molecule has 4 heteroatoms. The Balaban J connectivity index is 2.15. The van der Waals surface area contributed by atoms with Crippen molar-refractivity contribution in [3.8, 4) is 0 Å². The Morgan fingerprint density at radius 2 is 2.07 bits per heavy atom. The van der Waals surface area contributed by atoms with Crippen molar-refractivity contribution in [1.82, 2.24) is 4.98 Å². The third-order valence-corrected chi connectivity index (χ3v) is 1.96. The largest absolute Gasteiger partial charge is 0.474 e. The lowest BCUT2D eigenvalue weighted by Crippen LogP contribution is -1.97. The number of hydrogen-bond acceptors (Lipinski definition) is 3. The minimum absolute atomic E-state index is 0.263. The molecular weight excluding hydrogens is 194 g/mol. The monoisotopic (exact) mass is 203 g/mol. The number of aromatic carboxylic acids is 1. The molecule has 1 heterocycles. The summed E-state index contributed by atoms with van der Waals surface area (Å²) in [6.45, 7) is 0. The number of oxazole rings is 1. The number of benzene rings is 1. The van der Waals surface area contributed by atoms with Crippen LogP contribution in [0.15, 0.2) is 41.0 Å². The first-order valence-electron chi connectivity index (χ1n) is 4.47. The lowest BCUT2D eigenvalue weighted by Gasteiger charge is -1.94. The normalized spacial score (nSPS) is 10.1. The third-order valence-electron chi connectivity index (χ3n) is 1.96. The van der Waals surface area contributed by atoms with Crippen LogP contribution in [-0.2, 0) is 6.42 Å². The van der Waals surface area contributed by atoms with E-state index in [0.717, 1.165) is 5.56 Å². The van der Waals surface area contributed by atoms with Crippen molar-refractivity contribution >= 4 is 5.97 Å². The molecule has 0 unspecified atom stereocenters. The Kier molecular flexibility index (Phi) is 2.49. The minimum Gasteiger partial charge on any atom is -0.474 e. The summed E-state index contributed by atoms with van der Waals surface area (Å²) in [6, 6.07) is 9.68. The zero-order valence-corrected chi connectivity index (χ0v) is 7.88. The third kappa shape index (κ3) is 2.22. The Bertz CT molecular complexity index is 462. The van der Waals surface area contributed by atoms with E-state index in [1.165, 1.54) is 6.26 Å². The van der Waals surface area contributed by atoms with Crippen LogP contribution in [0.4, 0.5) is 0 Å². The number of carbonyl (C=O) groups is 1. The molecule has 1 N–H and O–H groups in total. The number of carboxylic acid groups (broad SMARTS) is 1. The van der Waals surface area contributed by atoms with Gasteiger partial charge in [0.25, 0.3) is 0 Å². The van der Waals surface area contributed by atoms with Crippen LogP contribution in [0.25, 0.3) is 0 Å². The molecule has 0 radical (unpaired) electrons. The zero-order chi connectivity index (χ0) is 10.7. The summed E-state index contributed by atoms with van der Waals surface area (Å²) < 4.78 is 4.79. The van der Waals surface area contributed by atoms with Crippen LogP contribution < -0.4 is 0 Å². The standard InChI is InChI=1S/C11H9NO3/c13-11(14)10-12-9(7-15-10)6-8-4-2-1-3-5-8/h1-5,7H,6H2,(H,13,14). The first-order chi connectivity index (χ1) is 7.25. The van der Waals surface area contributed by atoms with Crippen molar-refractivity contribution in [3.05, 3.63) is 53.7 Å². The molecule has 0 aliphatic carbocycles. The van der Waals surface area contributed by atoms with E-state index in [1.807, 2.05) is 30.3 Å². The van der Waals surface area contributed by atoms with E-state index >= 15 is 0 Å². The molecule has 0 bridgehead atoms. The lowest BCUT2D eigenvalue weighted by molar-refractivity contribution is 0.0653. The van der Waals surface area contributed by atoms with Gasteiger partial charge in [0.15, 0.2) is 0 Å². The molecule has 0 saturated carbocycles. The molecule has 76 valence electrons. The molecule has 0 aliphatic heterocycles. The number of carboxylic acids is 1. The number of hydrogen-bond donors (Lipinski definition) is 1. The second kappa shape index (κ2) is 3.96. The maximum absolute atomic E-state index is 10.5. The molecule has 0 fully saturated rings. The molecule has 1 aromatic carbocycles. The second-order valence-corrected chi connectivity index (χ2v) is 3.11. The molecule has 4 nitrogen and oxygen atoms in total. The van der Waals surface area contributed by atoms with E-state index in [9.17, 15) is 4.79 Å². The van der Waals surface area contributed by atoms with E-state index in [0.29, 0.717) is 12.1 Å². The summed E-state index contributed by atoms with van der Waals surface area (Å²) in [7, 11) is 0. The van der Waals surface area contributed by atoms with Crippen LogP contribution in [0.1, 0.15) is 21.9 Å². The first kappa shape index (κ1) is 9.45. The van der Waals surface area contributed by atoms with Gasteiger partial charge in [0.05, 0.1) is 5.69 Å². The van der Waals surface area contributed by atoms with Gasteiger partial charge in [-0.3, -0.25) is 0 Å². The summed E-state index contributed by atoms with van der Waals surface area (Å²) >= 11 is 0. The summed E-state index contributed by atoms with van der Waals surface area (Å²) in [5.74, 6) is -1.41. The molecule has 0 spiro atoms. The summed E-state index contributed by atoms with van der Waals surface area (Å²) in [5, 5.41) is 8.61. The highest BCUT2D eigenvalue weighted by Crippen LogP contribution is 2.09. The Morgan fingerprint density at radius 3 is 2.67 bits per heavy atom. The van der Waals surface area contributed by atoms with Crippen molar-refractivity contribution in [2.45, 2.75) is 6.42 Å². The van der Waals surface area contributed by atoms with Crippen molar-refractivity contribution in [2.24, 2.45) is 0 Å². The topological polar surface area (TPSA) is 63.3 Å². The molecule has 2 rings (SSSR count). The fourth-order valence-electron chi connectivity index (χ4n) is 1.29. The smallest absolute Gasteiger partial charge is 0.392 e. The van der Waals surface area contributed by atoms with Gasteiger partial charge >= 0.3 is 11.9 Å². The van der Waals surface area contributed by atoms with Crippen LogP contribution >= 0.6 is 0 Å². The molecular formula is C11H9NO3. The average Bonchev–Trinajstić information content (AvgIpc) is 2.68. The molecule has 15 heavy (non-hydrogen) atoms. The van der Waals surface area contributed by atoms with E-state index in [4.69, 9.17) is 9.52 Å². The van der Waals surface area contributed by atoms with Crippen LogP contribution in [0.3, 0.4) is 0 Å². The van der Waals surface area contributed by atoms with E-state index < -0.39 is 5.97 Å². The molecule has 0 saturated heterocycles. The van der Waals surface area contributed by atoms with Crippen LogP contribution in [0.5, 0.6) is 0 Å². The first-order valence-corrected chi connectivity index (χ1v) is 4.47. The number of nitrogens with zero attached hydrogens (tertiary/aromatic N) is 1. The highest BCUT2D eigenvalue weighted by molar-refractivity contribution is 5.82. The fraction of sp³-hybridized carbons (Fsp3) is 0.0909. The van der Waals surface area contributed by atoms with Crippen molar-refractivity contribution in [3.63, 3.8) is 0 Å². The predicted octanol–water partition coefficient (Wildman–Crippen LogP) is 1.96. The van der Waals surface area contributed by atoms with Gasteiger partial charge in [-0.05, 0) is 5.56 Å². The average molecular weight is 203 g/mol. The van der Waals surface area contributed by atoms with Crippen LogP contribution in [-0.4, -0.2) is 16.1 Å². The minimum atomic E-state index is -1.14. The van der Waals surface area contributed by atoms with Crippen molar-refractivity contribution < 1.29 is 14.3 Å². The molecule has 0 amide bonds. The van der Waals surface area contributed by atoms with Crippen LogP contribution in [0, 0.1) is 0 Å². The lowest BCUT2D eigenvalue weighted by atomic mass is 10.1. The SMILES string of the molecule is O=C(O)c1nc(Cc2ccccc2)co1. The summed E-state index contributed by atoms with van der Waals surface area (Å²) in [6.07, 6.45) is 1.95. The highest BCUT2D eigenvalue weighted by Gasteiger charge is 2.10. The molecule has 1 aromatic heterocycles. The van der Waals surface area contributed by atoms with Crippen molar-refractivity contribution in [1.29, 1.82) is 0 Å². The quantitative estimate of drug-likeness (QED) is 0.828. The van der Waals surface area contributed by atoms with Gasteiger partial charge in [-0.25, -0.2) is 9.78 Å². The van der Waals surface area contributed by atoms with Gasteiger partial charge in [-0.1, -0.05) is 30.3 Å². The maximum Gasteiger partial charge on any atom is 0.392 e. The van der Waals surface area contributed by atoms with Gasteiger partial charge in [0.1, 0.15) is 6.26 Å². The molecule has 2 aromatic rings. The van der Waals surface area contributed by atoms with Gasteiger partial charge in [0, 0.05) is 6.42 Å². The van der Waals surface area contributed by atoms with Gasteiger partial charge in [-0.15, -0.1) is 0 Å². The van der Waals surface area contributed by atoms with Gasteiger partial charge < -0.3 is 9.52 Å². The van der Waals surface area contributed by atoms with Crippen molar-refractivity contribution in [2.75, 3.05) is 0 Å². The van der Waals surface area contributed by atoms with Crippen LogP contribution in [0.2, 0.25) is 0 Å². The van der Waals surface area contributed by atoms with Gasteiger partial charge in [-0.2, -0.15) is 0 Å². The zero-order valence-electron chi connectivity index (χ0n) is 7.88. The van der Waals surface area contributed by atoms with E-state index in [1.54, 1.807) is 0 Å². The fourth-order valence-corrected chi connectivity index (χ4v) is 1.29. The molecule has 0 atom stereocenters. The maximum atomic E-state index is 10.5. The molecule has 0 aliphatic rings. The van der Waals surface area contributed by atoms with Gasteiger partial charge in [0.2, 0.25) is 0 Å². The number of rotatable bonds is 3. The summed E-state index contributed by atoms with van der Waals surface area (Å²) in [4.78, 5) is 14.3. The second-order valence-electron chi connectivity index (χ2n) is 3.11. The Labute approximate surface area is 86.2 Å². The Morgan fingerprint density at radius 1 is 1.33 bits per heavy atom. The van der Waals surface area contributed by atoms with E-state index in [2.05, 4.69) is 4.98 Å². The highest BCUT2D eigenvalue weighted by atomic mass is 16.4. The van der Waals surface area contributed by atoms with E-state index in [-0.39, 0.29) is 5.89 Å². The Hall–Kier alpha value is -2.10.